The fraction of sp³-hybridized carbons (Fsp3) is 0.571. The van der Waals surface area contributed by atoms with Gasteiger partial charge in [0.05, 0.1) is 0 Å². The molecule has 0 spiro atoms. The molecule has 0 bridgehead atoms. The summed E-state index contributed by atoms with van der Waals surface area (Å²) in [7, 11) is 4.22. The van der Waals surface area contributed by atoms with Crippen molar-refractivity contribution >= 4 is 27.5 Å². The van der Waals surface area contributed by atoms with E-state index < -0.39 is 0 Å². The van der Waals surface area contributed by atoms with Crippen molar-refractivity contribution in [2.45, 2.75) is 25.8 Å². The summed E-state index contributed by atoms with van der Waals surface area (Å²) >= 11 is 9.65. The lowest BCUT2D eigenvalue weighted by Crippen LogP contribution is -2.21. The Bertz CT molecular complexity index is 369. The Labute approximate surface area is 124 Å². The predicted octanol–water partition coefficient (Wildman–Crippen LogP) is 4.09. The molecule has 1 N–H and O–H groups in total. The first kappa shape index (κ1) is 16.0. The number of nitrogens with zero attached hydrogens (tertiary/aromatic N) is 1. The lowest BCUT2D eigenvalue weighted by Gasteiger charge is -2.16. The summed E-state index contributed by atoms with van der Waals surface area (Å²) < 4.78 is 1.02. The molecule has 1 atom stereocenters. The molecule has 4 heteroatoms. The van der Waals surface area contributed by atoms with Crippen LogP contribution in [-0.4, -0.2) is 32.1 Å². The Morgan fingerprint density at radius 2 is 2.06 bits per heavy atom. The second-order valence-electron chi connectivity index (χ2n) is 4.85. The summed E-state index contributed by atoms with van der Waals surface area (Å²) in [5.41, 5.74) is 1.16. The lowest BCUT2D eigenvalue weighted by atomic mass is 10.1. The molecule has 1 aromatic carbocycles. The van der Waals surface area contributed by atoms with Crippen molar-refractivity contribution in [2.75, 3.05) is 27.2 Å². The molecular weight excluding hydrogens is 312 g/mol. The molecule has 0 saturated heterocycles. The van der Waals surface area contributed by atoms with E-state index in [1.165, 1.54) is 12.8 Å². The first-order valence-electron chi connectivity index (χ1n) is 6.33. The normalized spacial score (nSPS) is 13.0. The van der Waals surface area contributed by atoms with E-state index in [2.05, 4.69) is 53.2 Å². The monoisotopic (exact) mass is 332 g/mol. The van der Waals surface area contributed by atoms with E-state index >= 15 is 0 Å². The molecule has 1 unspecified atom stereocenters. The number of hydrogen-bond acceptors (Lipinski definition) is 2. The highest BCUT2D eigenvalue weighted by Gasteiger charge is 2.08. The number of unbranched alkanes of at least 4 members (excludes halogenated alkanes) is 1. The second kappa shape index (κ2) is 8.16. The highest BCUT2D eigenvalue weighted by atomic mass is 79.9. The van der Waals surface area contributed by atoms with Crippen molar-refractivity contribution in [3.63, 3.8) is 0 Å². The molecule has 0 saturated carbocycles. The second-order valence-corrected chi connectivity index (χ2v) is 6.17. The minimum atomic E-state index is 0.296. The van der Waals surface area contributed by atoms with E-state index in [0.29, 0.717) is 6.04 Å². The maximum absolute atomic E-state index is 6.23. The SMILES string of the molecule is CC(NCCCCN(C)C)c1ccc(Br)cc1Cl. The molecule has 0 heterocycles. The van der Waals surface area contributed by atoms with Crippen molar-refractivity contribution in [3.8, 4) is 0 Å². The standard InChI is InChI=1S/C14H22BrClN2/c1-11(17-8-4-5-9-18(2)3)13-7-6-12(15)10-14(13)16/h6-7,10-11,17H,4-5,8-9H2,1-3H3. The van der Waals surface area contributed by atoms with Gasteiger partial charge in [-0.2, -0.15) is 0 Å². The largest absolute Gasteiger partial charge is 0.310 e. The van der Waals surface area contributed by atoms with Crippen LogP contribution >= 0.6 is 27.5 Å². The van der Waals surface area contributed by atoms with Crippen LogP contribution in [0.5, 0.6) is 0 Å². The first-order chi connectivity index (χ1) is 8.50. The summed E-state index contributed by atoms with van der Waals surface area (Å²) in [6, 6.07) is 6.35. The predicted molar refractivity (Wildman–Crippen MR) is 83.4 cm³/mol. The highest BCUT2D eigenvalue weighted by Crippen LogP contribution is 2.26. The van der Waals surface area contributed by atoms with E-state index in [0.717, 1.165) is 28.1 Å². The van der Waals surface area contributed by atoms with E-state index in [1.807, 2.05) is 12.1 Å². The average molecular weight is 334 g/mol. The maximum Gasteiger partial charge on any atom is 0.0464 e. The van der Waals surface area contributed by atoms with Crippen LogP contribution in [0.3, 0.4) is 0 Å². The smallest absolute Gasteiger partial charge is 0.0464 e. The van der Waals surface area contributed by atoms with Crippen molar-refractivity contribution < 1.29 is 0 Å². The third-order valence-corrected chi connectivity index (χ3v) is 3.73. The molecule has 102 valence electrons. The Balaban J connectivity index is 2.34. The molecular formula is C14H22BrClN2. The summed E-state index contributed by atoms with van der Waals surface area (Å²) in [4.78, 5) is 2.22. The van der Waals surface area contributed by atoms with Gasteiger partial charge in [0.2, 0.25) is 0 Å². The van der Waals surface area contributed by atoms with E-state index in [-0.39, 0.29) is 0 Å². The Morgan fingerprint density at radius 3 is 2.67 bits per heavy atom. The van der Waals surface area contributed by atoms with Crippen LogP contribution in [0.1, 0.15) is 31.4 Å². The zero-order chi connectivity index (χ0) is 13.5. The minimum Gasteiger partial charge on any atom is -0.310 e. The zero-order valence-corrected chi connectivity index (χ0v) is 13.7. The van der Waals surface area contributed by atoms with Gasteiger partial charge in [-0.05, 0) is 64.6 Å². The third-order valence-electron chi connectivity index (χ3n) is 2.91. The van der Waals surface area contributed by atoms with Gasteiger partial charge in [-0.15, -0.1) is 0 Å². The van der Waals surface area contributed by atoms with Crippen LogP contribution in [0.15, 0.2) is 22.7 Å². The van der Waals surface area contributed by atoms with Crippen LogP contribution in [0.4, 0.5) is 0 Å². The van der Waals surface area contributed by atoms with Crippen LogP contribution in [-0.2, 0) is 0 Å². The number of halogens is 2. The van der Waals surface area contributed by atoms with Crippen LogP contribution in [0.2, 0.25) is 5.02 Å². The van der Waals surface area contributed by atoms with Crippen LogP contribution in [0.25, 0.3) is 0 Å². The maximum atomic E-state index is 6.23. The molecule has 0 aliphatic carbocycles. The van der Waals surface area contributed by atoms with Crippen molar-refractivity contribution in [2.24, 2.45) is 0 Å². The molecule has 0 fully saturated rings. The van der Waals surface area contributed by atoms with Gasteiger partial charge < -0.3 is 10.2 Å². The number of rotatable bonds is 7. The number of nitrogens with one attached hydrogen (secondary N) is 1. The van der Waals surface area contributed by atoms with Crippen molar-refractivity contribution in [3.05, 3.63) is 33.3 Å². The Morgan fingerprint density at radius 1 is 1.33 bits per heavy atom. The Kier molecular flexibility index (Phi) is 7.23. The summed E-state index contributed by atoms with van der Waals surface area (Å²) in [6.45, 7) is 4.33. The molecule has 0 aliphatic rings. The minimum absolute atomic E-state index is 0.296. The van der Waals surface area contributed by atoms with Crippen molar-refractivity contribution in [1.82, 2.24) is 10.2 Å². The third kappa shape index (κ3) is 5.70. The molecule has 0 aromatic heterocycles. The van der Waals surface area contributed by atoms with E-state index in [4.69, 9.17) is 11.6 Å². The summed E-state index contributed by atoms with van der Waals surface area (Å²) in [5.74, 6) is 0. The molecule has 2 nitrogen and oxygen atoms in total. The van der Waals surface area contributed by atoms with E-state index in [1.54, 1.807) is 0 Å². The lowest BCUT2D eigenvalue weighted by molar-refractivity contribution is 0.389. The molecule has 1 aromatic rings. The molecule has 18 heavy (non-hydrogen) atoms. The van der Waals surface area contributed by atoms with Gasteiger partial charge >= 0.3 is 0 Å². The van der Waals surface area contributed by atoms with Crippen molar-refractivity contribution in [1.29, 1.82) is 0 Å². The average Bonchev–Trinajstić information content (AvgIpc) is 2.27. The van der Waals surface area contributed by atoms with Gasteiger partial charge in [0.15, 0.2) is 0 Å². The Hall–Kier alpha value is -0.0900. The molecule has 1 rings (SSSR count). The van der Waals surface area contributed by atoms with Gasteiger partial charge in [0.1, 0.15) is 0 Å². The van der Waals surface area contributed by atoms with Gasteiger partial charge in [-0.1, -0.05) is 33.6 Å². The number of benzene rings is 1. The fourth-order valence-corrected chi connectivity index (χ4v) is 2.67. The highest BCUT2D eigenvalue weighted by molar-refractivity contribution is 9.10. The van der Waals surface area contributed by atoms with Gasteiger partial charge in [0, 0.05) is 15.5 Å². The fourth-order valence-electron chi connectivity index (χ4n) is 1.83. The number of hydrogen-bond donors (Lipinski definition) is 1. The summed E-state index contributed by atoms with van der Waals surface area (Å²) in [5, 5.41) is 4.33. The topological polar surface area (TPSA) is 15.3 Å². The van der Waals surface area contributed by atoms with Gasteiger partial charge in [-0.3, -0.25) is 0 Å². The van der Waals surface area contributed by atoms with Gasteiger partial charge in [-0.25, -0.2) is 0 Å². The van der Waals surface area contributed by atoms with Crippen LogP contribution in [0, 0.1) is 0 Å². The molecule has 0 aliphatic heterocycles. The zero-order valence-electron chi connectivity index (χ0n) is 11.3. The summed E-state index contributed by atoms with van der Waals surface area (Å²) in [6.07, 6.45) is 2.41. The van der Waals surface area contributed by atoms with Crippen LogP contribution < -0.4 is 5.32 Å². The quantitative estimate of drug-likeness (QED) is 0.756. The molecule has 0 radical (unpaired) electrons. The molecule has 0 amide bonds. The van der Waals surface area contributed by atoms with Gasteiger partial charge in [0.25, 0.3) is 0 Å². The van der Waals surface area contributed by atoms with E-state index in [9.17, 15) is 0 Å². The first-order valence-corrected chi connectivity index (χ1v) is 7.51.